The molecule has 0 unspecified atom stereocenters. The minimum Gasteiger partial charge on any atom is -0.326 e. The van der Waals surface area contributed by atoms with Crippen LogP contribution in [0, 0.1) is 0 Å². The van der Waals surface area contributed by atoms with Gasteiger partial charge in [-0.1, -0.05) is 30.3 Å². The number of nitrogens with one attached hydrogen (secondary N) is 2. The van der Waals surface area contributed by atoms with E-state index in [2.05, 4.69) is 28.8 Å². The number of aromatic nitrogens is 1. The highest BCUT2D eigenvalue weighted by molar-refractivity contribution is 6.13. The second kappa shape index (κ2) is 8.87. The van der Waals surface area contributed by atoms with Gasteiger partial charge in [-0.05, 0) is 79.3 Å². The molecule has 2 N–H and O–H groups in total. The summed E-state index contributed by atoms with van der Waals surface area (Å²) in [6, 6.07) is 23.2. The first-order chi connectivity index (χ1) is 16.1. The van der Waals surface area contributed by atoms with Crippen molar-refractivity contribution in [2.45, 2.75) is 32.6 Å². The zero-order chi connectivity index (χ0) is 22.8. The largest absolute Gasteiger partial charge is 0.326 e. The number of hydrogen-bond acceptors (Lipinski definition) is 3. The van der Waals surface area contributed by atoms with Crippen LogP contribution >= 0.6 is 0 Å². The van der Waals surface area contributed by atoms with Crippen LogP contribution in [0.3, 0.4) is 0 Å². The third-order valence-electron chi connectivity index (χ3n) is 6.07. The molecule has 2 amide bonds. The molecule has 0 aliphatic heterocycles. The van der Waals surface area contributed by atoms with E-state index in [-0.39, 0.29) is 11.8 Å². The van der Waals surface area contributed by atoms with Crippen LogP contribution in [0.4, 0.5) is 11.4 Å². The Hall–Kier alpha value is -3.99. The van der Waals surface area contributed by atoms with E-state index in [1.54, 1.807) is 24.3 Å². The summed E-state index contributed by atoms with van der Waals surface area (Å²) in [5.74, 6) is -0.329. The molecule has 0 saturated heterocycles. The highest BCUT2D eigenvalue weighted by Gasteiger charge is 2.16. The Morgan fingerprint density at radius 3 is 2.24 bits per heavy atom. The fourth-order valence-corrected chi connectivity index (χ4v) is 4.44. The van der Waals surface area contributed by atoms with E-state index in [0.717, 1.165) is 35.0 Å². The van der Waals surface area contributed by atoms with Gasteiger partial charge in [0.2, 0.25) is 5.91 Å². The van der Waals surface area contributed by atoms with Crippen LogP contribution in [0.2, 0.25) is 0 Å². The minimum atomic E-state index is -0.194. The van der Waals surface area contributed by atoms with Crippen LogP contribution in [0.1, 0.15) is 41.3 Å². The number of hydrogen-bond donors (Lipinski definition) is 2. The predicted molar refractivity (Wildman–Crippen MR) is 133 cm³/mol. The third kappa shape index (κ3) is 4.48. The van der Waals surface area contributed by atoms with E-state index in [1.165, 1.54) is 30.9 Å². The lowest BCUT2D eigenvalue weighted by Gasteiger charge is -2.17. The Morgan fingerprint density at radius 1 is 0.788 bits per heavy atom. The smallest absolute Gasteiger partial charge is 0.256 e. The molecule has 5 rings (SSSR count). The summed E-state index contributed by atoms with van der Waals surface area (Å²) in [6.45, 7) is 1.46. The number of para-hydroxylation sites is 1. The van der Waals surface area contributed by atoms with Gasteiger partial charge in [0, 0.05) is 29.2 Å². The van der Waals surface area contributed by atoms with E-state index in [0.29, 0.717) is 16.9 Å². The van der Waals surface area contributed by atoms with Gasteiger partial charge in [0.1, 0.15) is 0 Å². The molecule has 0 saturated carbocycles. The lowest BCUT2D eigenvalue weighted by Crippen LogP contribution is -2.13. The molecular formula is C28H25N3O2. The van der Waals surface area contributed by atoms with E-state index in [9.17, 15) is 9.59 Å². The molecule has 1 heterocycles. The van der Waals surface area contributed by atoms with E-state index in [1.807, 2.05) is 30.3 Å². The number of carbonyl (C=O) groups excluding carboxylic acids is 2. The Kier molecular flexibility index (Phi) is 5.61. The fourth-order valence-electron chi connectivity index (χ4n) is 4.44. The minimum absolute atomic E-state index is 0.134. The van der Waals surface area contributed by atoms with Gasteiger partial charge < -0.3 is 10.6 Å². The highest BCUT2D eigenvalue weighted by Crippen LogP contribution is 2.30. The first-order valence-corrected chi connectivity index (χ1v) is 11.3. The molecule has 1 aliphatic carbocycles. The van der Waals surface area contributed by atoms with Crippen molar-refractivity contribution in [3.05, 3.63) is 89.5 Å². The molecule has 0 atom stereocenters. The molecule has 5 heteroatoms. The number of rotatable bonds is 4. The molecule has 3 aromatic carbocycles. The predicted octanol–water partition coefficient (Wildman–Crippen LogP) is 5.99. The van der Waals surface area contributed by atoms with Gasteiger partial charge in [-0.3, -0.25) is 9.59 Å². The first-order valence-electron chi connectivity index (χ1n) is 11.3. The maximum atomic E-state index is 13.3. The van der Waals surface area contributed by atoms with E-state index < -0.39 is 0 Å². The zero-order valence-electron chi connectivity index (χ0n) is 18.5. The van der Waals surface area contributed by atoms with Crippen molar-refractivity contribution in [1.29, 1.82) is 0 Å². The number of carbonyl (C=O) groups is 2. The van der Waals surface area contributed by atoms with Crippen molar-refractivity contribution in [2.75, 3.05) is 10.6 Å². The standard InChI is InChI=1S/C28H25N3O2/c1-18(32)29-22-12-14-23(15-13-22)30-28(33)25-17-27(31-26-9-5-4-8-24(25)26)21-11-10-19-6-2-3-7-20(19)16-21/h4-5,8-17H,2-3,6-7H2,1H3,(H,29,32)(H,30,33). The van der Waals surface area contributed by atoms with Crippen molar-refractivity contribution in [3.8, 4) is 11.3 Å². The van der Waals surface area contributed by atoms with Crippen molar-refractivity contribution in [2.24, 2.45) is 0 Å². The van der Waals surface area contributed by atoms with Gasteiger partial charge >= 0.3 is 0 Å². The molecule has 0 bridgehead atoms. The van der Waals surface area contributed by atoms with Gasteiger partial charge in [0.25, 0.3) is 5.91 Å². The number of fused-ring (bicyclic) bond motifs is 2. The highest BCUT2D eigenvalue weighted by atomic mass is 16.2. The maximum Gasteiger partial charge on any atom is 0.256 e. The van der Waals surface area contributed by atoms with Gasteiger partial charge in [-0.15, -0.1) is 0 Å². The number of benzene rings is 3. The monoisotopic (exact) mass is 435 g/mol. The average molecular weight is 436 g/mol. The molecule has 1 aliphatic rings. The summed E-state index contributed by atoms with van der Waals surface area (Å²) in [6.07, 6.45) is 4.69. The number of amides is 2. The second-order valence-electron chi connectivity index (χ2n) is 8.48. The molecule has 1 aromatic heterocycles. The second-order valence-corrected chi connectivity index (χ2v) is 8.48. The van der Waals surface area contributed by atoms with Crippen molar-refractivity contribution < 1.29 is 9.59 Å². The van der Waals surface area contributed by atoms with E-state index >= 15 is 0 Å². The molecule has 33 heavy (non-hydrogen) atoms. The Bertz CT molecular complexity index is 1360. The SMILES string of the molecule is CC(=O)Nc1ccc(NC(=O)c2cc(-c3ccc4c(c3)CCCC4)nc3ccccc23)cc1. The quantitative estimate of drug-likeness (QED) is 0.413. The molecule has 0 fully saturated rings. The fraction of sp³-hybridized carbons (Fsp3) is 0.179. The first kappa shape index (κ1) is 20.9. The number of aryl methyl sites for hydroxylation is 2. The maximum absolute atomic E-state index is 13.3. The summed E-state index contributed by atoms with van der Waals surface area (Å²) in [5, 5.41) is 6.52. The van der Waals surface area contributed by atoms with Crippen LogP contribution in [0.15, 0.2) is 72.8 Å². The van der Waals surface area contributed by atoms with Crippen LogP contribution in [-0.2, 0) is 17.6 Å². The molecule has 4 aromatic rings. The zero-order valence-corrected chi connectivity index (χ0v) is 18.5. The number of anilines is 2. The summed E-state index contributed by atoms with van der Waals surface area (Å²) >= 11 is 0. The summed E-state index contributed by atoms with van der Waals surface area (Å²) < 4.78 is 0. The summed E-state index contributed by atoms with van der Waals surface area (Å²) in [4.78, 5) is 29.4. The number of pyridine rings is 1. The molecular weight excluding hydrogens is 410 g/mol. The van der Waals surface area contributed by atoms with E-state index in [4.69, 9.17) is 4.98 Å². The summed E-state index contributed by atoms with van der Waals surface area (Å²) in [5.41, 5.74) is 7.36. The topological polar surface area (TPSA) is 71.1 Å². The Balaban J connectivity index is 1.49. The van der Waals surface area contributed by atoms with Gasteiger partial charge in [-0.25, -0.2) is 4.98 Å². The third-order valence-corrected chi connectivity index (χ3v) is 6.07. The Labute approximate surface area is 192 Å². The van der Waals surface area contributed by atoms with Gasteiger partial charge in [-0.2, -0.15) is 0 Å². The van der Waals surface area contributed by atoms with Gasteiger partial charge in [0.15, 0.2) is 0 Å². The Morgan fingerprint density at radius 2 is 1.48 bits per heavy atom. The van der Waals surface area contributed by atoms with Crippen LogP contribution < -0.4 is 10.6 Å². The lowest BCUT2D eigenvalue weighted by molar-refractivity contribution is -0.114. The molecule has 164 valence electrons. The normalized spacial score (nSPS) is 12.8. The summed E-state index contributed by atoms with van der Waals surface area (Å²) in [7, 11) is 0. The van der Waals surface area contributed by atoms with Crippen LogP contribution in [0.25, 0.3) is 22.2 Å². The van der Waals surface area contributed by atoms with Crippen molar-refractivity contribution in [1.82, 2.24) is 4.98 Å². The lowest BCUT2D eigenvalue weighted by atomic mass is 9.89. The molecule has 0 radical (unpaired) electrons. The molecule has 0 spiro atoms. The molecule has 5 nitrogen and oxygen atoms in total. The van der Waals surface area contributed by atoms with Crippen molar-refractivity contribution in [3.63, 3.8) is 0 Å². The van der Waals surface area contributed by atoms with Crippen LogP contribution in [0.5, 0.6) is 0 Å². The van der Waals surface area contributed by atoms with Gasteiger partial charge in [0.05, 0.1) is 16.8 Å². The average Bonchev–Trinajstić information content (AvgIpc) is 2.84. The van der Waals surface area contributed by atoms with Crippen molar-refractivity contribution >= 4 is 34.1 Å². The number of nitrogens with zero attached hydrogens (tertiary/aromatic N) is 1. The van der Waals surface area contributed by atoms with Crippen LogP contribution in [-0.4, -0.2) is 16.8 Å².